The Hall–Kier alpha value is -4.19. The van der Waals surface area contributed by atoms with Crippen LogP contribution in [0.5, 0.6) is 11.6 Å². The van der Waals surface area contributed by atoms with E-state index in [0.717, 1.165) is 12.1 Å². The molecule has 0 aliphatic carbocycles. The first-order valence-electron chi connectivity index (χ1n) is 9.01. The molecule has 11 nitrogen and oxygen atoms in total. The normalized spacial score (nSPS) is 10.8. The summed E-state index contributed by atoms with van der Waals surface area (Å²) in [5.41, 5.74) is -0.0623. The number of carbonyl (C=O) groups excluding carboxylic acids is 1. The first-order chi connectivity index (χ1) is 15.2. The monoisotopic (exact) mass is 458 g/mol. The average Bonchev–Trinajstić information content (AvgIpc) is 2.79. The van der Waals surface area contributed by atoms with Gasteiger partial charge >= 0.3 is 5.88 Å². The fourth-order valence-corrected chi connectivity index (χ4v) is 3.70. The fraction of sp³-hybridized carbons (Fsp3) is 0.100. The zero-order valence-corrected chi connectivity index (χ0v) is 17.8. The van der Waals surface area contributed by atoms with E-state index in [0.29, 0.717) is 11.6 Å². The maximum Gasteiger partial charge on any atom is 0.365 e. The van der Waals surface area contributed by atoms with Gasteiger partial charge in [0.1, 0.15) is 21.5 Å². The van der Waals surface area contributed by atoms with Gasteiger partial charge in [0.2, 0.25) is 0 Å². The number of nitrogens with zero attached hydrogens (tertiary/aromatic N) is 2. The number of hydrogen-bond acceptors (Lipinski definition) is 7. The molecule has 3 aromatic rings. The number of methoxy groups -OCH3 is 2. The number of aromatic amines is 1. The van der Waals surface area contributed by atoms with Crippen molar-refractivity contribution in [2.45, 2.75) is 4.90 Å². The number of benzene rings is 2. The fourth-order valence-electron chi connectivity index (χ4n) is 2.66. The van der Waals surface area contributed by atoms with Crippen molar-refractivity contribution < 1.29 is 32.6 Å². The van der Waals surface area contributed by atoms with Gasteiger partial charge in [-0.3, -0.25) is 14.9 Å². The molecule has 0 saturated carbocycles. The summed E-state index contributed by atoms with van der Waals surface area (Å²) in [6.45, 7) is 0. The SMILES string of the molecule is COc1ccc(NC(=O)c2cccc(S(=O)(=O)[N-]c3cc([N+](=O)[O-])ccc3OC)c2)c[nH+]1. The van der Waals surface area contributed by atoms with E-state index in [4.69, 9.17) is 9.47 Å². The second-order valence-electron chi connectivity index (χ2n) is 6.31. The molecule has 0 spiro atoms. The molecule has 0 aliphatic rings. The molecule has 2 aromatic carbocycles. The van der Waals surface area contributed by atoms with E-state index < -0.39 is 20.9 Å². The highest BCUT2D eigenvalue weighted by molar-refractivity contribution is 7.94. The predicted molar refractivity (Wildman–Crippen MR) is 114 cm³/mol. The molecule has 12 heteroatoms. The van der Waals surface area contributed by atoms with Gasteiger partial charge in [0.05, 0.1) is 30.1 Å². The van der Waals surface area contributed by atoms with E-state index in [2.05, 4.69) is 15.0 Å². The highest BCUT2D eigenvalue weighted by Gasteiger charge is 2.14. The number of non-ortho nitro benzene ring substituents is 1. The molecule has 0 bridgehead atoms. The number of pyridine rings is 1. The highest BCUT2D eigenvalue weighted by atomic mass is 32.2. The number of H-pyrrole nitrogens is 1. The van der Waals surface area contributed by atoms with Crippen LogP contribution in [0.2, 0.25) is 0 Å². The largest absolute Gasteiger partial charge is 0.570 e. The predicted octanol–water partition coefficient (Wildman–Crippen LogP) is 3.07. The first kappa shape index (κ1) is 22.5. The van der Waals surface area contributed by atoms with Crippen LogP contribution in [0.25, 0.3) is 4.72 Å². The Bertz CT molecular complexity index is 1260. The Kier molecular flexibility index (Phi) is 6.54. The molecule has 0 saturated heterocycles. The highest BCUT2D eigenvalue weighted by Crippen LogP contribution is 2.38. The lowest BCUT2D eigenvalue weighted by atomic mass is 10.2. The number of amides is 1. The Morgan fingerprint density at radius 2 is 1.88 bits per heavy atom. The molecular weight excluding hydrogens is 440 g/mol. The van der Waals surface area contributed by atoms with Crippen LogP contribution in [0.1, 0.15) is 10.4 Å². The van der Waals surface area contributed by atoms with Crippen molar-refractivity contribution in [3.05, 3.63) is 81.2 Å². The zero-order valence-electron chi connectivity index (χ0n) is 16.9. The van der Waals surface area contributed by atoms with E-state index in [1.165, 1.54) is 50.7 Å². The Labute approximate surface area is 183 Å². The van der Waals surface area contributed by atoms with Crippen molar-refractivity contribution in [3.8, 4) is 11.6 Å². The lowest BCUT2D eigenvalue weighted by molar-refractivity contribution is -0.392. The molecule has 32 heavy (non-hydrogen) atoms. The Morgan fingerprint density at radius 1 is 1.09 bits per heavy atom. The number of carbonyl (C=O) groups is 1. The molecule has 1 amide bonds. The van der Waals surface area contributed by atoms with Crippen molar-refractivity contribution in [1.29, 1.82) is 0 Å². The number of sulfonamides is 1. The minimum absolute atomic E-state index is 0.0452. The summed E-state index contributed by atoms with van der Waals surface area (Å²) in [6, 6.07) is 11.9. The number of rotatable bonds is 8. The third kappa shape index (κ3) is 5.10. The number of hydrogen-bond donors (Lipinski definition) is 1. The van der Waals surface area contributed by atoms with Crippen LogP contribution >= 0.6 is 0 Å². The van der Waals surface area contributed by atoms with Gasteiger partial charge in [0, 0.05) is 17.7 Å². The molecule has 3 rings (SSSR count). The van der Waals surface area contributed by atoms with Gasteiger partial charge in [0.15, 0.2) is 6.20 Å². The number of anilines is 1. The second kappa shape index (κ2) is 9.31. The third-order valence-corrected chi connectivity index (χ3v) is 5.53. The van der Waals surface area contributed by atoms with Gasteiger partial charge in [0.25, 0.3) is 11.6 Å². The molecule has 0 aliphatic heterocycles. The second-order valence-corrected chi connectivity index (χ2v) is 7.91. The lowest BCUT2D eigenvalue weighted by Crippen LogP contribution is -2.15. The summed E-state index contributed by atoms with van der Waals surface area (Å²) < 4.78 is 39.4. The van der Waals surface area contributed by atoms with Gasteiger partial charge in [-0.25, -0.2) is 8.42 Å². The minimum Gasteiger partial charge on any atom is -0.570 e. The van der Waals surface area contributed by atoms with Crippen LogP contribution in [0.4, 0.5) is 17.1 Å². The van der Waals surface area contributed by atoms with Gasteiger partial charge in [-0.1, -0.05) is 11.8 Å². The molecule has 2 N–H and O–H groups in total. The number of nitrogens with one attached hydrogen (secondary N) is 2. The van der Waals surface area contributed by atoms with Crippen LogP contribution in [0.15, 0.2) is 65.7 Å². The zero-order chi connectivity index (χ0) is 23.3. The molecule has 0 atom stereocenters. The van der Waals surface area contributed by atoms with Crippen molar-refractivity contribution in [2.75, 3.05) is 19.5 Å². The van der Waals surface area contributed by atoms with E-state index in [1.807, 2.05) is 0 Å². The Morgan fingerprint density at radius 3 is 2.50 bits per heavy atom. The lowest BCUT2D eigenvalue weighted by Gasteiger charge is -2.24. The maximum absolute atomic E-state index is 12.8. The van der Waals surface area contributed by atoms with Gasteiger partial charge in [-0.2, -0.15) is 4.98 Å². The van der Waals surface area contributed by atoms with E-state index in [-0.39, 0.29) is 27.6 Å². The van der Waals surface area contributed by atoms with E-state index in [9.17, 15) is 23.3 Å². The van der Waals surface area contributed by atoms with E-state index >= 15 is 0 Å². The van der Waals surface area contributed by atoms with Gasteiger partial charge < -0.3 is 19.5 Å². The smallest absolute Gasteiger partial charge is 0.365 e. The minimum atomic E-state index is -4.31. The third-order valence-electron chi connectivity index (χ3n) is 4.25. The molecule has 0 fully saturated rings. The van der Waals surface area contributed by atoms with Crippen LogP contribution in [-0.4, -0.2) is 33.5 Å². The summed E-state index contributed by atoms with van der Waals surface area (Å²) in [6.07, 6.45) is 1.52. The topological polar surface area (TPSA) is 153 Å². The number of aromatic nitrogens is 1. The van der Waals surface area contributed by atoms with Crippen molar-refractivity contribution in [2.24, 2.45) is 0 Å². The summed E-state index contributed by atoms with van der Waals surface area (Å²) in [5, 5.41) is 13.6. The van der Waals surface area contributed by atoms with Crippen LogP contribution in [-0.2, 0) is 10.0 Å². The number of nitro benzene ring substituents is 1. The molecular formula is C20H18N4O7S. The maximum atomic E-state index is 12.8. The quantitative estimate of drug-likeness (QED) is 0.402. The van der Waals surface area contributed by atoms with Crippen molar-refractivity contribution >= 4 is 33.0 Å². The molecule has 0 radical (unpaired) electrons. The first-order valence-corrected chi connectivity index (χ1v) is 10.4. The summed E-state index contributed by atoms with van der Waals surface area (Å²) in [5.74, 6) is -0.00773. The molecule has 0 unspecified atom stereocenters. The molecule has 1 aromatic heterocycles. The van der Waals surface area contributed by atoms with Crippen molar-refractivity contribution in [3.63, 3.8) is 0 Å². The number of ether oxygens (including phenoxy) is 2. The van der Waals surface area contributed by atoms with Gasteiger partial charge in [-0.05, 0) is 30.3 Å². The summed E-state index contributed by atoms with van der Waals surface area (Å²) >= 11 is 0. The molecule has 166 valence electrons. The van der Waals surface area contributed by atoms with Crippen LogP contribution in [0, 0.1) is 10.1 Å². The standard InChI is InChI=1S/C20H17N4O7S/c1-30-18-8-7-15(24(26)27)11-17(18)23-32(28,29)16-5-3-4-13(10-16)20(25)22-14-6-9-19(31-2)21-12-14/h3-12H,1-2H3,(H,22,25)/q-1/p+1. The van der Waals surface area contributed by atoms with Crippen LogP contribution in [0.3, 0.4) is 0 Å². The molecule has 1 heterocycles. The Balaban J connectivity index is 1.85. The van der Waals surface area contributed by atoms with Crippen molar-refractivity contribution in [1.82, 2.24) is 0 Å². The summed E-state index contributed by atoms with van der Waals surface area (Å²) in [7, 11) is -1.53. The summed E-state index contributed by atoms with van der Waals surface area (Å²) in [4.78, 5) is 25.4. The van der Waals surface area contributed by atoms with Crippen LogP contribution < -0.4 is 19.8 Å². The van der Waals surface area contributed by atoms with Gasteiger partial charge in [-0.15, -0.1) is 0 Å². The number of nitro groups is 1. The van der Waals surface area contributed by atoms with E-state index in [1.54, 1.807) is 12.1 Å². The average molecular weight is 458 g/mol.